The van der Waals surface area contributed by atoms with Crippen LogP contribution in [0.25, 0.3) is 0 Å². The molecule has 0 fully saturated rings. The Morgan fingerprint density at radius 1 is 1.11 bits per heavy atom. The fourth-order valence-corrected chi connectivity index (χ4v) is 1.43. The van der Waals surface area contributed by atoms with Gasteiger partial charge in [-0.3, -0.25) is 0 Å². The molecule has 0 amide bonds. The van der Waals surface area contributed by atoms with E-state index >= 15 is 0 Å². The van der Waals surface area contributed by atoms with Gasteiger partial charge in [-0.1, -0.05) is 26.8 Å². The van der Waals surface area contributed by atoms with Crippen molar-refractivity contribution in [2.45, 2.75) is 26.2 Å². The van der Waals surface area contributed by atoms with E-state index in [4.69, 9.17) is 10.5 Å². The van der Waals surface area contributed by atoms with Crippen molar-refractivity contribution in [3.8, 4) is 11.6 Å². The molecule has 1 aromatic carbocycles. The molecule has 3 heteroatoms. The summed E-state index contributed by atoms with van der Waals surface area (Å²) in [6, 6.07) is 13.4. The highest BCUT2D eigenvalue weighted by Crippen LogP contribution is 2.23. The van der Waals surface area contributed by atoms with Crippen LogP contribution in [0.5, 0.6) is 11.6 Å². The lowest BCUT2D eigenvalue weighted by Gasteiger charge is -2.16. The predicted octanol–water partition coefficient (Wildman–Crippen LogP) is 3.35. The largest absolute Gasteiger partial charge is 0.430 e. The fraction of sp³-hybridized carbons (Fsp3) is 0.267. The topological polar surface area (TPSA) is 48.1 Å². The number of nitrogen functional groups attached to an aromatic ring is 1. The van der Waals surface area contributed by atoms with E-state index in [-0.39, 0.29) is 5.41 Å². The molecule has 0 unspecified atom stereocenters. The molecule has 0 radical (unpaired) electrons. The van der Waals surface area contributed by atoms with Crippen LogP contribution in [0, 0.1) is 12.1 Å². The van der Waals surface area contributed by atoms with E-state index in [1.165, 1.54) is 0 Å². The van der Waals surface area contributed by atoms with Crippen molar-refractivity contribution >= 4 is 5.69 Å². The molecule has 2 rings (SSSR count). The van der Waals surface area contributed by atoms with Crippen molar-refractivity contribution < 1.29 is 4.74 Å². The standard InChI is InChI=1S/C15H16N2O/c1-15(2,3)11-4-7-13(8-5-11)18-14-9-6-12(16)10-17-14/h4,6-7,9-10H,16H2,1-3H3. The molecule has 2 N–H and O–H groups in total. The maximum Gasteiger partial charge on any atom is 0.220 e. The average molecular weight is 240 g/mol. The third-order valence-corrected chi connectivity index (χ3v) is 2.50. The van der Waals surface area contributed by atoms with Gasteiger partial charge in [0.05, 0.1) is 11.9 Å². The molecule has 0 aliphatic heterocycles. The Morgan fingerprint density at radius 3 is 2.39 bits per heavy atom. The Kier molecular flexibility index (Phi) is 3.12. The van der Waals surface area contributed by atoms with E-state index in [0.717, 1.165) is 5.56 Å². The third kappa shape index (κ3) is 2.92. The van der Waals surface area contributed by atoms with Crippen LogP contribution in [-0.4, -0.2) is 4.98 Å². The van der Waals surface area contributed by atoms with Crippen molar-refractivity contribution in [2.24, 2.45) is 0 Å². The Bertz CT molecular complexity index is 510. The van der Waals surface area contributed by atoms with Crippen LogP contribution < -0.4 is 10.5 Å². The van der Waals surface area contributed by atoms with Gasteiger partial charge in [0, 0.05) is 11.6 Å². The molecular formula is C15H16N2O. The number of nitrogens with two attached hydrogens (primary N) is 1. The van der Waals surface area contributed by atoms with E-state index in [1.807, 2.05) is 12.1 Å². The van der Waals surface area contributed by atoms with Gasteiger partial charge < -0.3 is 10.5 Å². The highest BCUT2D eigenvalue weighted by atomic mass is 16.5. The minimum absolute atomic E-state index is 0.0640. The van der Waals surface area contributed by atoms with E-state index in [2.05, 4.69) is 37.9 Å². The summed E-state index contributed by atoms with van der Waals surface area (Å²) in [5, 5.41) is 0. The van der Waals surface area contributed by atoms with Gasteiger partial charge in [-0.05, 0) is 29.7 Å². The number of rotatable bonds is 2. The first-order valence-corrected chi connectivity index (χ1v) is 5.79. The second-order valence-electron chi connectivity index (χ2n) is 5.14. The van der Waals surface area contributed by atoms with Crippen molar-refractivity contribution in [3.63, 3.8) is 0 Å². The van der Waals surface area contributed by atoms with E-state index in [0.29, 0.717) is 17.3 Å². The first kappa shape index (κ1) is 12.3. The maximum absolute atomic E-state index is 5.56. The number of ether oxygens (including phenoxy) is 1. The maximum atomic E-state index is 5.56. The summed E-state index contributed by atoms with van der Waals surface area (Å²) in [5.74, 6) is 1.10. The number of anilines is 1. The second kappa shape index (κ2) is 4.58. The summed E-state index contributed by atoms with van der Waals surface area (Å²) >= 11 is 0. The van der Waals surface area contributed by atoms with Gasteiger partial charge in [-0.25, -0.2) is 4.98 Å². The Labute approximate surface area is 108 Å². The zero-order valence-corrected chi connectivity index (χ0v) is 10.8. The van der Waals surface area contributed by atoms with Crippen molar-refractivity contribution in [1.82, 2.24) is 4.98 Å². The molecule has 2 aromatic rings. The van der Waals surface area contributed by atoms with Crippen LogP contribution in [0.3, 0.4) is 0 Å². The molecule has 3 nitrogen and oxygen atoms in total. The monoisotopic (exact) mass is 240 g/mol. The smallest absolute Gasteiger partial charge is 0.220 e. The molecule has 0 saturated heterocycles. The zero-order chi connectivity index (χ0) is 13.2. The van der Waals surface area contributed by atoms with Crippen LogP contribution in [0.2, 0.25) is 0 Å². The van der Waals surface area contributed by atoms with E-state index in [1.54, 1.807) is 18.3 Å². The molecule has 0 atom stereocenters. The number of nitrogens with zero attached hydrogens (tertiary/aromatic N) is 1. The van der Waals surface area contributed by atoms with E-state index in [9.17, 15) is 0 Å². The van der Waals surface area contributed by atoms with Gasteiger partial charge >= 0.3 is 0 Å². The summed E-state index contributed by atoms with van der Waals surface area (Å²) < 4.78 is 5.55. The van der Waals surface area contributed by atoms with E-state index < -0.39 is 0 Å². The lowest BCUT2D eigenvalue weighted by Crippen LogP contribution is -2.09. The van der Waals surface area contributed by atoms with Crippen molar-refractivity contribution in [2.75, 3.05) is 5.73 Å². The zero-order valence-electron chi connectivity index (χ0n) is 10.8. The first-order valence-electron chi connectivity index (χ1n) is 5.79. The highest BCUT2D eigenvalue weighted by molar-refractivity contribution is 5.37. The lowest BCUT2D eigenvalue weighted by atomic mass is 9.88. The Morgan fingerprint density at radius 2 is 1.89 bits per heavy atom. The molecular weight excluding hydrogens is 224 g/mol. The minimum atomic E-state index is 0.0640. The molecule has 1 heterocycles. The Balaban J connectivity index is 2.13. The molecule has 0 spiro atoms. The molecule has 18 heavy (non-hydrogen) atoms. The van der Waals surface area contributed by atoms with Gasteiger partial charge in [0.25, 0.3) is 0 Å². The quantitative estimate of drug-likeness (QED) is 0.875. The summed E-state index contributed by atoms with van der Waals surface area (Å²) in [5.41, 5.74) is 7.33. The van der Waals surface area contributed by atoms with Crippen LogP contribution in [0.1, 0.15) is 26.3 Å². The van der Waals surface area contributed by atoms with Crippen LogP contribution in [-0.2, 0) is 5.41 Å². The average Bonchev–Trinajstić information content (AvgIpc) is 2.32. The van der Waals surface area contributed by atoms with Gasteiger partial charge in [-0.2, -0.15) is 0 Å². The number of hydrogen-bond donors (Lipinski definition) is 1. The van der Waals surface area contributed by atoms with Crippen LogP contribution >= 0.6 is 0 Å². The fourth-order valence-electron chi connectivity index (χ4n) is 1.43. The molecule has 0 aliphatic rings. The van der Waals surface area contributed by atoms with Crippen molar-refractivity contribution in [1.29, 1.82) is 0 Å². The molecule has 0 saturated carbocycles. The molecule has 92 valence electrons. The van der Waals surface area contributed by atoms with Gasteiger partial charge in [0.1, 0.15) is 0 Å². The van der Waals surface area contributed by atoms with Gasteiger partial charge in [0.15, 0.2) is 5.75 Å². The minimum Gasteiger partial charge on any atom is -0.430 e. The Hall–Kier alpha value is -2.21. The third-order valence-electron chi connectivity index (χ3n) is 2.50. The number of aromatic nitrogens is 1. The summed E-state index contributed by atoms with van der Waals surface area (Å²) in [7, 11) is 0. The SMILES string of the molecule is CC(C)(C)c1c#cc(Oc2ccc(N)cn2)cc1. The highest BCUT2D eigenvalue weighted by Gasteiger charge is 2.13. The first-order chi connectivity index (χ1) is 8.45. The number of pyridine rings is 1. The van der Waals surface area contributed by atoms with Crippen LogP contribution in [0.4, 0.5) is 5.69 Å². The molecule has 1 aromatic heterocycles. The predicted molar refractivity (Wildman–Crippen MR) is 71.5 cm³/mol. The normalized spacial score (nSPS) is 10.8. The van der Waals surface area contributed by atoms with Crippen LogP contribution in [0.15, 0.2) is 30.5 Å². The molecule has 0 bridgehead atoms. The summed E-state index contributed by atoms with van der Waals surface area (Å²) in [6.07, 6.45) is 1.56. The summed E-state index contributed by atoms with van der Waals surface area (Å²) in [4.78, 5) is 4.06. The van der Waals surface area contributed by atoms with Gasteiger partial charge in [-0.15, -0.1) is 0 Å². The summed E-state index contributed by atoms with van der Waals surface area (Å²) in [6.45, 7) is 6.40. The number of hydrogen-bond acceptors (Lipinski definition) is 3. The van der Waals surface area contributed by atoms with Crippen molar-refractivity contribution in [3.05, 3.63) is 48.2 Å². The van der Waals surface area contributed by atoms with Gasteiger partial charge in [0.2, 0.25) is 5.88 Å². The second-order valence-corrected chi connectivity index (χ2v) is 5.14. The molecule has 0 aliphatic carbocycles. The lowest BCUT2D eigenvalue weighted by molar-refractivity contribution is 0.462.